The fourth-order valence-electron chi connectivity index (χ4n) is 5.45. The monoisotopic (exact) mass is 599 g/mol. The van der Waals surface area contributed by atoms with Crippen LogP contribution in [0.2, 0.25) is 5.02 Å². The number of ether oxygens (including phenoxy) is 1. The Kier molecular flexibility index (Phi) is 10.7. The van der Waals surface area contributed by atoms with Crippen LogP contribution in [-0.4, -0.2) is 46.6 Å². The molecule has 9 nitrogen and oxygen atoms in total. The Hall–Kier alpha value is -3.59. The van der Waals surface area contributed by atoms with E-state index in [2.05, 4.69) is 16.0 Å². The van der Waals surface area contributed by atoms with Gasteiger partial charge in [0.15, 0.2) is 0 Å². The minimum atomic E-state index is -1.30. The highest BCUT2D eigenvalue weighted by Crippen LogP contribution is 2.40. The second-order valence-corrected chi connectivity index (χ2v) is 13.1. The van der Waals surface area contributed by atoms with Gasteiger partial charge in [-0.05, 0) is 62.3 Å². The number of carboxylic acid groups (broad SMARTS) is 1. The molecule has 0 aliphatic carbocycles. The fourth-order valence-corrected chi connectivity index (χ4v) is 5.64. The van der Waals surface area contributed by atoms with Gasteiger partial charge in [-0.25, -0.2) is 9.59 Å². The van der Waals surface area contributed by atoms with Gasteiger partial charge in [-0.1, -0.05) is 81.8 Å². The number of alkyl carbamates (subject to hydrolysis) is 1. The molecule has 4 N–H and O–H groups in total. The molecular weight excluding hydrogens is 558 g/mol. The minimum Gasteiger partial charge on any atom is -0.480 e. The van der Waals surface area contributed by atoms with Crippen molar-refractivity contribution in [3.8, 4) is 0 Å². The molecule has 2 aromatic carbocycles. The van der Waals surface area contributed by atoms with Gasteiger partial charge in [0, 0.05) is 21.9 Å². The maximum atomic E-state index is 13.4. The van der Waals surface area contributed by atoms with Gasteiger partial charge in [0.2, 0.25) is 11.8 Å². The number of aliphatic carboxylic acids is 1. The maximum absolute atomic E-state index is 13.4. The summed E-state index contributed by atoms with van der Waals surface area (Å²) >= 11 is 6.27. The van der Waals surface area contributed by atoms with Crippen LogP contribution in [-0.2, 0) is 24.5 Å². The summed E-state index contributed by atoms with van der Waals surface area (Å²) < 4.78 is 6.01. The van der Waals surface area contributed by atoms with Crippen molar-refractivity contribution >= 4 is 35.5 Å². The summed E-state index contributed by atoms with van der Waals surface area (Å²) in [5.74, 6) is -2.70. The highest BCUT2D eigenvalue weighted by molar-refractivity contribution is 6.30. The lowest BCUT2D eigenvalue weighted by atomic mass is 9.76. The lowest BCUT2D eigenvalue weighted by Gasteiger charge is -2.35. The van der Waals surface area contributed by atoms with Gasteiger partial charge in [0.1, 0.15) is 18.2 Å². The Morgan fingerprint density at radius 3 is 2.29 bits per heavy atom. The number of hydrogen-bond acceptors (Lipinski definition) is 5. The van der Waals surface area contributed by atoms with E-state index in [0.717, 1.165) is 11.1 Å². The predicted octanol–water partition coefficient (Wildman–Crippen LogP) is 5.37. The van der Waals surface area contributed by atoms with E-state index in [0.29, 0.717) is 11.4 Å². The predicted molar refractivity (Wildman–Crippen MR) is 161 cm³/mol. The number of carboxylic acids is 1. The molecule has 2 aromatic rings. The molecule has 42 heavy (non-hydrogen) atoms. The van der Waals surface area contributed by atoms with Crippen LogP contribution in [0.4, 0.5) is 4.79 Å². The van der Waals surface area contributed by atoms with Gasteiger partial charge in [-0.3, -0.25) is 9.59 Å². The van der Waals surface area contributed by atoms with Gasteiger partial charge >= 0.3 is 12.1 Å². The Morgan fingerprint density at radius 1 is 1.07 bits per heavy atom. The van der Waals surface area contributed by atoms with Gasteiger partial charge in [0.05, 0.1) is 0 Å². The van der Waals surface area contributed by atoms with Crippen molar-refractivity contribution in [1.82, 2.24) is 16.0 Å². The fraction of sp³-hybridized carbons (Fsp3) is 0.500. The first-order valence-corrected chi connectivity index (χ1v) is 14.6. The van der Waals surface area contributed by atoms with E-state index in [1.54, 1.807) is 6.07 Å². The summed E-state index contributed by atoms with van der Waals surface area (Å²) in [4.78, 5) is 51.2. The number of carbonyl (C=O) groups is 4. The molecule has 1 aliphatic heterocycles. The minimum absolute atomic E-state index is 0.00133. The molecule has 0 radical (unpaired) electrons. The third kappa shape index (κ3) is 8.71. The highest BCUT2D eigenvalue weighted by atomic mass is 35.5. The van der Waals surface area contributed by atoms with E-state index < -0.39 is 53.0 Å². The van der Waals surface area contributed by atoms with Gasteiger partial charge in [-0.15, -0.1) is 0 Å². The van der Waals surface area contributed by atoms with Crippen molar-refractivity contribution in [3.05, 3.63) is 70.7 Å². The molecule has 228 valence electrons. The zero-order valence-electron chi connectivity index (χ0n) is 25.1. The Balaban J connectivity index is 1.79. The quantitative estimate of drug-likeness (QED) is 0.259. The third-order valence-electron chi connectivity index (χ3n) is 7.59. The summed E-state index contributed by atoms with van der Waals surface area (Å²) in [5.41, 5.74) is 0.459. The van der Waals surface area contributed by atoms with Crippen LogP contribution in [0.5, 0.6) is 0 Å². The molecule has 3 amide bonds. The van der Waals surface area contributed by atoms with Gasteiger partial charge < -0.3 is 25.8 Å². The van der Waals surface area contributed by atoms with E-state index in [-0.39, 0.29) is 24.7 Å². The standard InChI is InChI=1S/C32H42ClN3O6/c1-19(2)15-24(28(38)34-25(29(39)40)16-21-18-31(3,4)36-27(21)37)35-30(41)42-26(20-11-8-7-9-12-20)32(5,6)22-13-10-14-23(33)17-22/h7-14,17,19,21,24-26H,15-16,18H2,1-6H3,(H,34,38)(H,35,41)(H,36,37)(H,39,40). The summed E-state index contributed by atoms with van der Waals surface area (Å²) in [6, 6.07) is 14.3. The van der Waals surface area contributed by atoms with Crippen molar-refractivity contribution in [2.24, 2.45) is 11.8 Å². The molecule has 1 fully saturated rings. The van der Waals surface area contributed by atoms with Crippen LogP contribution in [0.1, 0.15) is 78.0 Å². The molecule has 3 rings (SSSR count). The molecule has 0 saturated carbocycles. The van der Waals surface area contributed by atoms with Crippen molar-refractivity contribution in [1.29, 1.82) is 0 Å². The zero-order valence-corrected chi connectivity index (χ0v) is 25.8. The Labute approximate surface area is 252 Å². The summed E-state index contributed by atoms with van der Waals surface area (Å²) in [6.45, 7) is 11.4. The van der Waals surface area contributed by atoms with Crippen LogP contribution >= 0.6 is 11.6 Å². The average Bonchev–Trinajstić information content (AvgIpc) is 3.17. The van der Waals surface area contributed by atoms with Gasteiger partial charge in [-0.2, -0.15) is 0 Å². The first-order valence-electron chi connectivity index (χ1n) is 14.2. The number of halogens is 1. The van der Waals surface area contributed by atoms with Crippen LogP contribution < -0.4 is 16.0 Å². The number of hydrogen-bond donors (Lipinski definition) is 4. The number of carbonyl (C=O) groups excluding carboxylic acids is 3. The molecule has 1 heterocycles. The smallest absolute Gasteiger partial charge is 0.408 e. The third-order valence-corrected chi connectivity index (χ3v) is 7.83. The van der Waals surface area contributed by atoms with E-state index in [1.807, 2.05) is 90.1 Å². The largest absolute Gasteiger partial charge is 0.480 e. The Bertz CT molecular complexity index is 1280. The lowest BCUT2D eigenvalue weighted by Crippen LogP contribution is -2.53. The molecule has 4 unspecified atom stereocenters. The van der Waals surface area contributed by atoms with Crippen molar-refractivity contribution in [3.63, 3.8) is 0 Å². The van der Waals surface area contributed by atoms with Crippen molar-refractivity contribution < 1.29 is 29.0 Å². The lowest BCUT2D eigenvalue weighted by molar-refractivity contribution is -0.143. The summed E-state index contributed by atoms with van der Waals surface area (Å²) in [6.07, 6.45) is -0.911. The number of benzene rings is 2. The topological polar surface area (TPSA) is 134 Å². The average molecular weight is 600 g/mol. The molecule has 0 spiro atoms. The molecular formula is C32H42ClN3O6. The number of amides is 3. The molecule has 0 aromatic heterocycles. The zero-order chi connectivity index (χ0) is 31.2. The van der Waals surface area contributed by atoms with Crippen molar-refractivity contribution in [2.75, 3.05) is 0 Å². The van der Waals surface area contributed by atoms with E-state index in [9.17, 15) is 24.3 Å². The molecule has 1 aliphatic rings. The Morgan fingerprint density at radius 2 is 1.74 bits per heavy atom. The van der Waals surface area contributed by atoms with Crippen LogP contribution in [0.15, 0.2) is 54.6 Å². The van der Waals surface area contributed by atoms with E-state index >= 15 is 0 Å². The number of rotatable bonds is 12. The number of nitrogens with one attached hydrogen (secondary N) is 3. The second-order valence-electron chi connectivity index (χ2n) is 12.7. The van der Waals surface area contributed by atoms with E-state index in [4.69, 9.17) is 16.3 Å². The summed E-state index contributed by atoms with van der Waals surface area (Å²) in [5, 5.41) is 18.5. The van der Waals surface area contributed by atoms with Crippen molar-refractivity contribution in [2.45, 2.75) is 89.9 Å². The molecule has 4 atom stereocenters. The molecule has 10 heteroatoms. The maximum Gasteiger partial charge on any atom is 0.408 e. The second kappa shape index (κ2) is 13.6. The first kappa shape index (κ1) is 32.9. The highest BCUT2D eigenvalue weighted by Gasteiger charge is 2.41. The molecule has 0 bridgehead atoms. The molecule has 1 saturated heterocycles. The normalized spacial score (nSPS) is 18.5. The van der Waals surface area contributed by atoms with E-state index in [1.165, 1.54) is 0 Å². The first-order chi connectivity index (χ1) is 19.6. The SMILES string of the molecule is CC(C)CC(NC(=O)OC(c1ccccc1)C(C)(C)c1cccc(Cl)c1)C(=O)NC(CC1CC(C)(C)NC1=O)C(=O)O. The van der Waals surface area contributed by atoms with Crippen LogP contribution in [0.25, 0.3) is 0 Å². The van der Waals surface area contributed by atoms with Gasteiger partial charge in [0.25, 0.3) is 0 Å². The van der Waals surface area contributed by atoms with Crippen LogP contribution in [0, 0.1) is 11.8 Å². The van der Waals surface area contributed by atoms with Crippen LogP contribution in [0.3, 0.4) is 0 Å². The summed E-state index contributed by atoms with van der Waals surface area (Å²) in [7, 11) is 0.